The number of alkyl carbamates (subject to hydrolysis) is 3. The van der Waals surface area contributed by atoms with Gasteiger partial charge in [-0.2, -0.15) is 0 Å². The quantitative estimate of drug-likeness (QED) is 0.127. The smallest absolute Gasteiger partial charge is 0.408 e. The van der Waals surface area contributed by atoms with E-state index in [0.717, 1.165) is 36.8 Å². The van der Waals surface area contributed by atoms with Crippen molar-refractivity contribution in [2.75, 3.05) is 19.6 Å². The Hall–Kier alpha value is -4.28. The third-order valence-electron chi connectivity index (χ3n) is 6.29. The van der Waals surface area contributed by atoms with Crippen LogP contribution in [0.15, 0.2) is 60.7 Å². The molecular formula is C33H48N4O7. The summed E-state index contributed by atoms with van der Waals surface area (Å²) in [5.74, 6) is -0.288. The number of carbonyl (C=O) groups is 4. The number of benzene rings is 2. The molecule has 4 N–H and O–H groups in total. The van der Waals surface area contributed by atoms with Gasteiger partial charge in [-0.1, -0.05) is 73.5 Å². The zero-order chi connectivity index (χ0) is 32.0. The summed E-state index contributed by atoms with van der Waals surface area (Å²) in [5.41, 5.74) is 1.22. The Morgan fingerprint density at radius 2 is 1.09 bits per heavy atom. The van der Waals surface area contributed by atoms with E-state index in [9.17, 15) is 19.2 Å². The predicted molar refractivity (Wildman–Crippen MR) is 168 cm³/mol. The number of ether oxygens (including phenoxy) is 3. The molecule has 0 spiro atoms. The van der Waals surface area contributed by atoms with Crippen LogP contribution in [-0.4, -0.2) is 55.5 Å². The van der Waals surface area contributed by atoms with Crippen molar-refractivity contribution in [3.63, 3.8) is 0 Å². The summed E-state index contributed by atoms with van der Waals surface area (Å²) in [6.07, 6.45) is 3.28. The van der Waals surface area contributed by atoms with Crippen LogP contribution in [-0.2, 0) is 32.2 Å². The van der Waals surface area contributed by atoms with Crippen molar-refractivity contribution in [1.29, 1.82) is 0 Å². The highest BCUT2D eigenvalue weighted by atomic mass is 16.6. The van der Waals surface area contributed by atoms with Crippen LogP contribution in [0.4, 0.5) is 14.4 Å². The number of rotatable bonds is 18. The van der Waals surface area contributed by atoms with E-state index < -0.39 is 29.9 Å². The molecule has 0 aliphatic heterocycles. The first-order valence-corrected chi connectivity index (χ1v) is 15.3. The molecule has 44 heavy (non-hydrogen) atoms. The van der Waals surface area contributed by atoms with Gasteiger partial charge in [0.25, 0.3) is 0 Å². The molecule has 4 amide bonds. The van der Waals surface area contributed by atoms with E-state index in [1.165, 1.54) is 0 Å². The van der Waals surface area contributed by atoms with Gasteiger partial charge in [-0.05, 0) is 64.0 Å². The van der Waals surface area contributed by atoms with Gasteiger partial charge in [-0.25, -0.2) is 14.4 Å². The maximum Gasteiger partial charge on any atom is 0.408 e. The maximum atomic E-state index is 12.9. The van der Waals surface area contributed by atoms with Crippen LogP contribution in [0, 0.1) is 0 Å². The minimum Gasteiger partial charge on any atom is -0.445 e. The second-order valence-electron chi connectivity index (χ2n) is 11.4. The molecule has 2 rings (SSSR count). The van der Waals surface area contributed by atoms with Gasteiger partial charge in [0.15, 0.2) is 0 Å². The van der Waals surface area contributed by atoms with E-state index in [2.05, 4.69) is 21.3 Å². The lowest BCUT2D eigenvalue weighted by atomic mass is 10.1. The fraction of sp³-hybridized carbons (Fsp3) is 0.515. The summed E-state index contributed by atoms with van der Waals surface area (Å²) < 4.78 is 15.7. The normalized spacial score (nSPS) is 11.5. The molecule has 0 unspecified atom stereocenters. The lowest BCUT2D eigenvalue weighted by Gasteiger charge is -2.19. The summed E-state index contributed by atoms with van der Waals surface area (Å²) in [6.45, 7) is 7.10. The Kier molecular flexibility index (Phi) is 16.8. The second kappa shape index (κ2) is 20.6. The summed E-state index contributed by atoms with van der Waals surface area (Å²) in [6, 6.07) is 17.9. The Morgan fingerprint density at radius 1 is 0.614 bits per heavy atom. The monoisotopic (exact) mass is 612 g/mol. The van der Waals surface area contributed by atoms with Gasteiger partial charge in [0.2, 0.25) is 5.91 Å². The van der Waals surface area contributed by atoms with Crippen LogP contribution < -0.4 is 21.3 Å². The fourth-order valence-electron chi connectivity index (χ4n) is 4.06. The Bertz CT molecular complexity index is 1120. The Labute approximate surface area is 260 Å². The topological polar surface area (TPSA) is 144 Å². The third-order valence-corrected chi connectivity index (χ3v) is 6.29. The molecule has 0 radical (unpaired) electrons. The molecule has 0 bridgehead atoms. The third kappa shape index (κ3) is 17.6. The van der Waals surface area contributed by atoms with E-state index in [4.69, 9.17) is 14.2 Å². The van der Waals surface area contributed by atoms with E-state index in [1.807, 2.05) is 81.4 Å². The Balaban J connectivity index is 1.69. The first kappa shape index (κ1) is 35.9. The molecule has 242 valence electrons. The number of hydrogen-bond acceptors (Lipinski definition) is 7. The Morgan fingerprint density at radius 3 is 1.64 bits per heavy atom. The summed E-state index contributed by atoms with van der Waals surface area (Å²) in [5, 5.41) is 11.0. The van der Waals surface area contributed by atoms with E-state index in [0.29, 0.717) is 38.9 Å². The molecular weight excluding hydrogens is 564 g/mol. The van der Waals surface area contributed by atoms with Gasteiger partial charge in [0.1, 0.15) is 24.9 Å². The van der Waals surface area contributed by atoms with Gasteiger partial charge >= 0.3 is 18.3 Å². The predicted octanol–water partition coefficient (Wildman–Crippen LogP) is 5.58. The molecule has 2 aromatic carbocycles. The highest BCUT2D eigenvalue weighted by Gasteiger charge is 2.21. The van der Waals surface area contributed by atoms with Crippen molar-refractivity contribution in [2.24, 2.45) is 0 Å². The molecule has 0 aliphatic carbocycles. The molecule has 0 heterocycles. The number of carbonyl (C=O) groups excluding carboxylic acids is 4. The van der Waals surface area contributed by atoms with Crippen LogP contribution in [0.3, 0.4) is 0 Å². The molecule has 0 saturated carbocycles. The standard InChI is InChI=1S/C33H48N4O7/c1-33(2,3)44-31(40)36-22-14-5-4-13-21-34-29(38)28(37-32(41)43-25-27-18-10-7-11-19-27)20-12-15-23-35-30(39)42-24-26-16-8-6-9-17-26/h6-11,16-19,28H,4-5,12-15,20-25H2,1-3H3,(H,34,38)(H,35,39)(H,36,40)(H,37,41)/t28-/m0/s1. The number of nitrogens with one attached hydrogen (secondary N) is 4. The van der Waals surface area contributed by atoms with Crippen molar-refractivity contribution in [3.05, 3.63) is 71.8 Å². The van der Waals surface area contributed by atoms with Crippen molar-refractivity contribution < 1.29 is 33.4 Å². The van der Waals surface area contributed by atoms with Gasteiger partial charge < -0.3 is 35.5 Å². The summed E-state index contributed by atoms with van der Waals surface area (Å²) in [4.78, 5) is 49.1. The number of unbranched alkanes of at least 4 members (excludes halogenated alkanes) is 4. The van der Waals surface area contributed by atoms with Crippen LogP contribution in [0.5, 0.6) is 0 Å². The lowest BCUT2D eigenvalue weighted by molar-refractivity contribution is -0.123. The van der Waals surface area contributed by atoms with Gasteiger partial charge in [0, 0.05) is 19.6 Å². The fourth-order valence-corrected chi connectivity index (χ4v) is 4.06. The van der Waals surface area contributed by atoms with E-state index >= 15 is 0 Å². The molecule has 0 aliphatic rings. The van der Waals surface area contributed by atoms with Gasteiger partial charge in [0.05, 0.1) is 0 Å². The van der Waals surface area contributed by atoms with Crippen LogP contribution >= 0.6 is 0 Å². The molecule has 1 atom stereocenters. The summed E-state index contributed by atoms with van der Waals surface area (Å²) in [7, 11) is 0. The zero-order valence-electron chi connectivity index (χ0n) is 26.2. The van der Waals surface area contributed by atoms with Crippen molar-refractivity contribution in [2.45, 2.75) is 90.6 Å². The molecule has 2 aromatic rings. The average Bonchev–Trinajstić information content (AvgIpc) is 2.99. The maximum absolute atomic E-state index is 12.9. The number of hydrogen-bond donors (Lipinski definition) is 4. The van der Waals surface area contributed by atoms with Crippen LogP contribution in [0.1, 0.15) is 76.8 Å². The lowest BCUT2D eigenvalue weighted by Crippen LogP contribution is -2.47. The zero-order valence-corrected chi connectivity index (χ0v) is 26.2. The SMILES string of the molecule is CC(C)(C)OC(=O)NCCCCCCNC(=O)[C@H](CCCCNC(=O)OCc1ccccc1)NC(=O)OCc1ccccc1. The van der Waals surface area contributed by atoms with Crippen molar-refractivity contribution >= 4 is 24.2 Å². The molecule has 11 nitrogen and oxygen atoms in total. The van der Waals surface area contributed by atoms with Crippen LogP contribution in [0.25, 0.3) is 0 Å². The average molecular weight is 613 g/mol. The van der Waals surface area contributed by atoms with Crippen molar-refractivity contribution in [1.82, 2.24) is 21.3 Å². The minimum atomic E-state index is -0.777. The first-order valence-electron chi connectivity index (χ1n) is 15.3. The largest absolute Gasteiger partial charge is 0.445 e. The first-order chi connectivity index (χ1) is 21.1. The highest BCUT2D eigenvalue weighted by molar-refractivity contribution is 5.85. The van der Waals surface area contributed by atoms with E-state index in [-0.39, 0.29) is 19.1 Å². The van der Waals surface area contributed by atoms with E-state index in [1.54, 1.807) is 0 Å². The van der Waals surface area contributed by atoms with Crippen LogP contribution in [0.2, 0.25) is 0 Å². The number of amides is 4. The molecule has 0 aromatic heterocycles. The summed E-state index contributed by atoms with van der Waals surface area (Å²) >= 11 is 0. The highest BCUT2D eigenvalue weighted by Crippen LogP contribution is 2.08. The van der Waals surface area contributed by atoms with Crippen molar-refractivity contribution in [3.8, 4) is 0 Å². The molecule has 0 fully saturated rings. The molecule has 11 heteroatoms. The molecule has 0 saturated heterocycles. The van der Waals surface area contributed by atoms with Gasteiger partial charge in [-0.3, -0.25) is 4.79 Å². The minimum absolute atomic E-state index is 0.0960. The second-order valence-corrected chi connectivity index (χ2v) is 11.4. The van der Waals surface area contributed by atoms with Gasteiger partial charge in [-0.15, -0.1) is 0 Å².